The zero-order valence-electron chi connectivity index (χ0n) is 11.6. The lowest BCUT2D eigenvalue weighted by molar-refractivity contribution is -0.139. The molecule has 1 heterocycles. The van der Waals surface area contributed by atoms with Crippen LogP contribution < -0.4 is 4.74 Å². The van der Waals surface area contributed by atoms with Crippen LogP contribution in [0.3, 0.4) is 0 Å². The zero-order valence-corrected chi connectivity index (χ0v) is 11.6. The Labute approximate surface area is 123 Å². The van der Waals surface area contributed by atoms with E-state index in [0.717, 1.165) is 13.2 Å². The third kappa shape index (κ3) is 3.00. The highest BCUT2D eigenvalue weighted by Gasteiger charge is 2.39. The molecule has 0 aromatic carbocycles. The third-order valence-corrected chi connectivity index (χ3v) is 3.36. The van der Waals surface area contributed by atoms with Crippen LogP contribution in [0.5, 0.6) is 5.88 Å². The van der Waals surface area contributed by atoms with Gasteiger partial charge < -0.3 is 4.74 Å². The first-order chi connectivity index (χ1) is 10.3. The fraction of sp³-hybridized carbons (Fsp3) is 0.429. The van der Waals surface area contributed by atoms with Gasteiger partial charge in [0.15, 0.2) is 17.3 Å². The quantitative estimate of drug-likeness (QED) is 0.632. The molecule has 0 radical (unpaired) electrons. The minimum Gasteiger partial charge on any atom is -0.481 e. The van der Waals surface area contributed by atoms with Gasteiger partial charge in [-0.05, 0) is 18.6 Å². The second-order valence-corrected chi connectivity index (χ2v) is 4.83. The summed E-state index contributed by atoms with van der Waals surface area (Å²) < 4.78 is 42.8. The Morgan fingerprint density at radius 2 is 1.82 bits per heavy atom. The van der Waals surface area contributed by atoms with Crippen LogP contribution in [0, 0.1) is 5.92 Å². The van der Waals surface area contributed by atoms with Gasteiger partial charge in [0.05, 0.1) is 7.11 Å². The molecule has 118 valence electrons. The van der Waals surface area contributed by atoms with Gasteiger partial charge in [-0.15, -0.1) is 0 Å². The van der Waals surface area contributed by atoms with E-state index in [9.17, 15) is 27.6 Å². The van der Waals surface area contributed by atoms with Crippen molar-refractivity contribution in [2.24, 2.45) is 5.92 Å². The first-order valence-electron chi connectivity index (χ1n) is 6.47. The van der Waals surface area contributed by atoms with Crippen LogP contribution in [-0.4, -0.2) is 29.4 Å². The molecule has 0 bridgehead atoms. The van der Waals surface area contributed by atoms with Crippen LogP contribution in [0.25, 0.3) is 0 Å². The maximum absolute atomic E-state index is 12.7. The number of carbonyl (C=O) groups excluding carboxylic acids is 3. The zero-order chi connectivity index (χ0) is 16.5. The van der Waals surface area contributed by atoms with Crippen LogP contribution >= 0.6 is 0 Å². The van der Waals surface area contributed by atoms with E-state index >= 15 is 0 Å². The molecule has 0 N–H and O–H groups in total. The van der Waals surface area contributed by atoms with Gasteiger partial charge in [0.2, 0.25) is 5.88 Å². The van der Waals surface area contributed by atoms with Crippen molar-refractivity contribution in [2.45, 2.75) is 25.4 Å². The van der Waals surface area contributed by atoms with E-state index in [4.69, 9.17) is 0 Å². The summed E-state index contributed by atoms with van der Waals surface area (Å²) in [5, 5.41) is 0. The molecule has 0 saturated heterocycles. The highest BCUT2D eigenvalue weighted by atomic mass is 19.4. The summed E-state index contributed by atoms with van der Waals surface area (Å²) in [5.74, 6) is -4.18. The Balaban J connectivity index is 2.38. The van der Waals surface area contributed by atoms with Gasteiger partial charge in [-0.2, -0.15) is 13.2 Å². The maximum atomic E-state index is 12.7. The number of carbonyl (C=O) groups is 3. The second kappa shape index (κ2) is 5.86. The molecule has 1 aliphatic carbocycles. The van der Waals surface area contributed by atoms with Crippen LogP contribution in [0.4, 0.5) is 13.2 Å². The predicted molar refractivity (Wildman–Crippen MR) is 67.5 cm³/mol. The first-order valence-corrected chi connectivity index (χ1v) is 6.47. The van der Waals surface area contributed by atoms with Gasteiger partial charge in [0.1, 0.15) is 17.2 Å². The number of alkyl halides is 3. The minimum absolute atomic E-state index is 0.0971. The molecule has 0 atom stereocenters. The molecule has 1 aliphatic rings. The lowest BCUT2D eigenvalue weighted by Crippen LogP contribution is -2.35. The van der Waals surface area contributed by atoms with Crippen molar-refractivity contribution in [2.75, 3.05) is 7.11 Å². The molecule has 0 amide bonds. The predicted octanol–water partition coefficient (Wildman–Crippen LogP) is 2.23. The molecular formula is C14H12F3NO4. The number of Topliss-reactive ketones (excluding diaryl/α,β-unsaturated/α-hetero) is 3. The highest BCUT2D eigenvalue weighted by molar-refractivity contribution is 6.24. The number of halogens is 3. The summed E-state index contributed by atoms with van der Waals surface area (Å²) >= 11 is 0. The molecule has 1 aromatic rings. The fourth-order valence-electron chi connectivity index (χ4n) is 2.29. The molecule has 0 aliphatic heterocycles. The Bertz CT molecular complexity index is 623. The number of ketones is 3. The molecule has 1 fully saturated rings. The largest absolute Gasteiger partial charge is 0.481 e. The topological polar surface area (TPSA) is 73.3 Å². The second-order valence-electron chi connectivity index (χ2n) is 4.83. The number of ether oxygens (including phenoxy) is 1. The molecule has 0 spiro atoms. The van der Waals surface area contributed by atoms with E-state index in [2.05, 4.69) is 9.72 Å². The number of rotatable bonds is 3. The summed E-state index contributed by atoms with van der Waals surface area (Å²) in [4.78, 5) is 39.2. The monoisotopic (exact) mass is 315 g/mol. The maximum Gasteiger partial charge on any atom is 0.421 e. The van der Waals surface area contributed by atoms with E-state index in [1.165, 1.54) is 0 Å². The van der Waals surface area contributed by atoms with Crippen molar-refractivity contribution in [3.8, 4) is 5.88 Å². The van der Waals surface area contributed by atoms with Crippen molar-refractivity contribution >= 4 is 17.3 Å². The Kier molecular flexibility index (Phi) is 4.30. The summed E-state index contributed by atoms with van der Waals surface area (Å²) in [6.07, 6.45) is -4.11. The summed E-state index contributed by atoms with van der Waals surface area (Å²) in [7, 11) is 0.989. The lowest BCUT2D eigenvalue weighted by atomic mass is 9.83. The van der Waals surface area contributed by atoms with E-state index < -0.39 is 46.6 Å². The smallest absolute Gasteiger partial charge is 0.421 e. The number of pyridine rings is 1. The van der Waals surface area contributed by atoms with Crippen LogP contribution in [0.15, 0.2) is 12.1 Å². The van der Waals surface area contributed by atoms with E-state index in [1.54, 1.807) is 0 Å². The third-order valence-electron chi connectivity index (χ3n) is 3.36. The summed E-state index contributed by atoms with van der Waals surface area (Å²) in [5.41, 5.74) is -1.52. The number of hydrogen-bond acceptors (Lipinski definition) is 5. The van der Waals surface area contributed by atoms with Crippen molar-refractivity contribution in [3.05, 3.63) is 23.4 Å². The van der Waals surface area contributed by atoms with Gasteiger partial charge in [-0.25, -0.2) is 4.98 Å². The molecular weight excluding hydrogens is 303 g/mol. The Hall–Kier alpha value is -2.25. The van der Waals surface area contributed by atoms with Crippen molar-refractivity contribution in [1.82, 2.24) is 4.98 Å². The van der Waals surface area contributed by atoms with E-state index in [0.29, 0.717) is 12.5 Å². The standard InChI is InChI=1S/C14H12F3NO4/c1-22-13-7(14(15,16)17)5-6-8(18-13)12(21)11-9(19)3-2-4-10(11)20/h5-6,11H,2-4H2,1H3. The van der Waals surface area contributed by atoms with Crippen LogP contribution in [0.2, 0.25) is 0 Å². The van der Waals surface area contributed by atoms with Gasteiger partial charge in [-0.1, -0.05) is 0 Å². The fourth-order valence-corrected chi connectivity index (χ4v) is 2.29. The normalized spacial score (nSPS) is 16.7. The van der Waals surface area contributed by atoms with Gasteiger partial charge in [-0.3, -0.25) is 14.4 Å². The summed E-state index contributed by atoms with van der Waals surface area (Å²) in [6, 6.07) is 1.50. The number of hydrogen-bond donors (Lipinski definition) is 0. The van der Waals surface area contributed by atoms with Crippen LogP contribution in [-0.2, 0) is 15.8 Å². The highest BCUT2D eigenvalue weighted by Crippen LogP contribution is 2.35. The molecule has 22 heavy (non-hydrogen) atoms. The van der Waals surface area contributed by atoms with E-state index in [1.807, 2.05) is 0 Å². The molecule has 0 unspecified atom stereocenters. The van der Waals surface area contributed by atoms with Gasteiger partial charge in [0.25, 0.3) is 0 Å². The summed E-state index contributed by atoms with van der Waals surface area (Å²) in [6.45, 7) is 0. The van der Waals surface area contributed by atoms with Crippen molar-refractivity contribution in [3.63, 3.8) is 0 Å². The number of aromatic nitrogens is 1. The Morgan fingerprint density at radius 1 is 1.23 bits per heavy atom. The van der Waals surface area contributed by atoms with Gasteiger partial charge in [0, 0.05) is 12.8 Å². The Morgan fingerprint density at radius 3 is 2.32 bits per heavy atom. The van der Waals surface area contributed by atoms with Crippen molar-refractivity contribution < 1.29 is 32.3 Å². The molecule has 5 nitrogen and oxygen atoms in total. The molecule has 8 heteroatoms. The van der Waals surface area contributed by atoms with Crippen molar-refractivity contribution in [1.29, 1.82) is 0 Å². The first kappa shape index (κ1) is 16.1. The molecule has 1 aromatic heterocycles. The number of methoxy groups -OCH3 is 1. The molecule has 2 rings (SSSR count). The van der Waals surface area contributed by atoms with Crippen LogP contribution in [0.1, 0.15) is 35.3 Å². The average molecular weight is 315 g/mol. The number of nitrogens with zero attached hydrogens (tertiary/aromatic N) is 1. The van der Waals surface area contributed by atoms with E-state index in [-0.39, 0.29) is 12.8 Å². The average Bonchev–Trinajstić information content (AvgIpc) is 2.45. The molecule has 1 saturated carbocycles. The SMILES string of the molecule is COc1nc(C(=O)C2C(=O)CCCC2=O)ccc1C(F)(F)F. The minimum atomic E-state index is -4.68. The lowest BCUT2D eigenvalue weighted by Gasteiger charge is -2.18. The van der Waals surface area contributed by atoms with Gasteiger partial charge >= 0.3 is 6.18 Å².